The van der Waals surface area contributed by atoms with Crippen molar-refractivity contribution in [2.45, 2.75) is 25.8 Å². The predicted octanol–water partition coefficient (Wildman–Crippen LogP) is 2.88. The van der Waals surface area contributed by atoms with Crippen LogP contribution in [0.2, 0.25) is 5.02 Å². The quantitative estimate of drug-likeness (QED) is 0.895. The Bertz CT molecular complexity index is 645. The van der Waals surface area contributed by atoms with Crippen molar-refractivity contribution in [1.82, 2.24) is 10.6 Å². The summed E-state index contributed by atoms with van der Waals surface area (Å²) < 4.78 is 5.67. The third-order valence-corrected chi connectivity index (χ3v) is 3.97. The van der Waals surface area contributed by atoms with Gasteiger partial charge in [0, 0.05) is 28.6 Å². The molecule has 1 saturated heterocycles. The molecule has 0 radical (unpaired) electrons. The van der Waals surface area contributed by atoms with Crippen molar-refractivity contribution in [3.05, 3.63) is 34.5 Å². The Morgan fingerprint density at radius 1 is 1.50 bits per heavy atom. The molecule has 1 aliphatic heterocycles. The van der Waals surface area contributed by atoms with Gasteiger partial charge in [-0.1, -0.05) is 11.6 Å². The van der Waals surface area contributed by atoms with Crippen molar-refractivity contribution in [3.8, 4) is 0 Å². The topological polar surface area (TPSA) is 54.3 Å². The molecule has 0 bridgehead atoms. The van der Waals surface area contributed by atoms with E-state index in [1.54, 1.807) is 12.1 Å². The zero-order valence-corrected chi connectivity index (χ0v) is 12.1. The first-order valence-electron chi connectivity index (χ1n) is 6.85. The van der Waals surface area contributed by atoms with Crippen LogP contribution in [-0.4, -0.2) is 25.0 Å². The smallest absolute Gasteiger partial charge is 0.287 e. The van der Waals surface area contributed by atoms with Gasteiger partial charge in [0.05, 0.1) is 0 Å². The average molecular weight is 293 g/mol. The summed E-state index contributed by atoms with van der Waals surface area (Å²) in [6, 6.07) is 5.56. The van der Waals surface area contributed by atoms with E-state index >= 15 is 0 Å². The van der Waals surface area contributed by atoms with E-state index in [0.717, 1.165) is 36.9 Å². The second-order valence-electron chi connectivity index (χ2n) is 5.21. The molecule has 0 spiro atoms. The molecule has 20 heavy (non-hydrogen) atoms. The number of aryl methyl sites for hydroxylation is 1. The Morgan fingerprint density at radius 3 is 3.10 bits per heavy atom. The van der Waals surface area contributed by atoms with Crippen molar-refractivity contribution >= 4 is 28.5 Å². The van der Waals surface area contributed by atoms with Crippen LogP contribution in [0.3, 0.4) is 0 Å². The highest BCUT2D eigenvalue weighted by atomic mass is 35.5. The van der Waals surface area contributed by atoms with Crippen LogP contribution in [0.4, 0.5) is 0 Å². The number of halogens is 1. The maximum Gasteiger partial charge on any atom is 0.287 e. The van der Waals surface area contributed by atoms with E-state index in [4.69, 9.17) is 16.0 Å². The van der Waals surface area contributed by atoms with Gasteiger partial charge in [-0.25, -0.2) is 0 Å². The number of piperidine rings is 1. The Kier molecular flexibility index (Phi) is 3.68. The van der Waals surface area contributed by atoms with E-state index in [0.29, 0.717) is 16.4 Å². The fourth-order valence-electron chi connectivity index (χ4n) is 2.64. The number of rotatable bonds is 2. The number of fused-ring (bicyclic) bond motifs is 1. The molecule has 1 fully saturated rings. The maximum atomic E-state index is 12.3. The molecular formula is C15H17ClN2O2. The Labute approximate surface area is 122 Å². The first-order chi connectivity index (χ1) is 9.65. The minimum absolute atomic E-state index is 0.150. The summed E-state index contributed by atoms with van der Waals surface area (Å²) in [6.07, 6.45) is 2.09. The van der Waals surface area contributed by atoms with E-state index in [9.17, 15) is 4.79 Å². The van der Waals surface area contributed by atoms with Gasteiger partial charge in [-0.2, -0.15) is 0 Å². The zero-order chi connectivity index (χ0) is 14.1. The lowest BCUT2D eigenvalue weighted by Crippen LogP contribution is -2.45. The Hall–Kier alpha value is -1.52. The van der Waals surface area contributed by atoms with Gasteiger partial charge < -0.3 is 15.1 Å². The molecule has 5 heteroatoms. The summed E-state index contributed by atoms with van der Waals surface area (Å²) in [7, 11) is 0. The zero-order valence-electron chi connectivity index (χ0n) is 11.3. The van der Waals surface area contributed by atoms with Gasteiger partial charge in [-0.3, -0.25) is 4.79 Å². The third kappa shape index (κ3) is 2.53. The van der Waals surface area contributed by atoms with Crippen molar-refractivity contribution in [2.24, 2.45) is 0 Å². The fraction of sp³-hybridized carbons (Fsp3) is 0.400. The predicted molar refractivity (Wildman–Crippen MR) is 79.3 cm³/mol. The van der Waals surface area contributed by atoms with Gasteiger partial charge in [0.15, 0.2) is 5.76 Å². The van der Waals surface area contributed by atoms with E-state index in [1.807, 2.05) is 13.0 Å². The van der Waals surface area contributed by atoms with E-state index in [-0.39, 0.29) is 11.9 Å². The summed E-state index contributed by atoms with van der Waals surface area (Å²) in [6.45, 7) is 3.72. The van der Waals surface area contributed by atoms with Crippen LogP contribution in [-0.2, 0) is 0 Å². The number of hydrogen-bond donors (Lipinski definition) is 2. The normalized spacial score (nSPS) is 19.2. The summed E-state index contributed by atoms with van der Waals surface area (Å²) >= 11 is 5.98. The second kappa shape index (κ2) is 5.46. The lowest BCUT2D eigenvalue weighted by atomic mass is 10.1. The maximum absolute atomic E-state index is 12.3. The van der Waals surface area contributed by atoms with Gasteiger partial charge in [-0.15, -0.1) is 0 Å². The summed E-state index contributed by atoms with van der Waals surface area (Å²) in [5, 5.41) is 7.84. The standard InChI is InChI=1S/C15H17ClN2O2/c1-9-12-7-10(16)4-5-13(12)20-14(9)15(19)18-11-3-2-6-17-8-11/h4-5,7,11,17H,2-3,6,8H2,1H3,(H,18,19). The molecule has 0 aliphatic carbocycles. The van der Waals surface area contributed by atoms with Crippen LogP contribution in [0.15, 0.2) is 22.6 Å². The minimum Gasteiger partial charge on any atom is -0.451 e. The molecule has 1 unspecified atom stereocenters. The number of furan rings is 1. The van der Waals surface area contributed by atoms with Crippen molar-refractivity contribution in [2.75, 3.05) is 13.1 Å². The molecule has 106 valence electrons. The Balaban J connectivity index is 1.85. The van der Waals surface area contributed by atoms with Crippen LogP contribution in [0, 0.1) is 6.92 Å². The first kappa shape index (κ1) is 13.5. The molecule has 3 rings (SSSR count). The molecule has 2 heterocycles. The van der Waals surface area contributed by atoms with Gasteiger partial charge >= 0.3 is 0 Å². The highest BCUT2D eigenvalue weighted by Crippen LogP contribution is 2.27. The molecule has 1 amide bonds. The highest BCUT2D eigenvalue weighted by Gasteiger charge is 2.21. The molecule has 2 N–H and O–H groups in total. The van der Waals surface area contributed by atoms with Crippen molar-refractivity contribution in [3.63, 3.8) is 0 Å². The van der Waals surface area contributed by atoms with Crippen LogP contribution >= 0.6 is 11.6 Å². The lowest BCUT2D eigenvalue weighted by molar-refractivity contribution is 0.0904. The molecule has 1 aromatic heterocycles. The SMILES string of the molecule is Cc1c(C(=O)NC2CCCNC2)oc2ccc(Cl)cc12. The highest BCUT2D eigenvalue weighted by molar-refractivity contribution is 6.31. The molecule has 2 aromatic rings. The van der Waals surface area contributed by atoms with Crippen molar-refractivity contribution in [1.29, 1.82) is 0 Å². The molecule has 1 atom stereocenters. The summed E-state index contributed by atoms with van der Waals surface area (Å²) in [5.74, 6) is 0.233. The lowest BCUT2D eigenvalue weighted by Gasteiger charge is -2.23. The van der Waals surface area contributed by atoms with E-state index < -0.39 is 0 Å². The number of amides is 1. The van der Waals surface area contributed by atoms with Gasteiger partial charge in [0.1, 0.15) is 5.58 Å². The summed E-state index contributed by atoms with van der Waals surface area (Å²) in [5.41, 5.74) is 1.53. The first-order valence-corrected chi connectivity index (χ1v) is 7.23. The number of benzene rings is 1. The molecule has 4 nitrogen and oxygen atoms in total. The van der Waals surface area contributed by atoms with Crippen LogP contribution in [0.1, 0.15) is 29.0 Å². The largest absolute Gasteiger partial charge is 0.451 e. The fourth-order valence-corrected chi connectivity index (χ4v) is 2.81. The number of carbonyl (C=O) groups is 1. The molecule has 1 aliphatic rings. The molecular weight excluding hydrogens is 276 g/mol. The van der Waals surface area contributed by atoms with Crippen LogP contribution < -0.4 is 10.6 Å². The summed E-state index contributed by atoms with van der Waals surface area (Å²) in [4.78, 5) is 12.3. The molecule has 0 saturated carbocycles. The average Bonchev–Trinajstić information content (AvgIpc) is 2.77. The van der Waals surface area contributed by atoms with Crippen LogP contribution in [0.25, 0.3) is 11.0 Å². The van der Waals surface area contributed by atoms with Crippen molar-refractivity contribution < 1.29 is 9.21 Å². The van der Waals surface area contributed by atoms with Gasteiger partial charge in [0.2, 0.25) is 0 Å². The van der Waals surface area contributed by atoms with E-state index in [1.165, 1.54) is 0 Å². The second-order valence-corrected chi connectivity index (χ2v) is 5.65. The third-order valence-electron chi connectivity index (χ3n) is 3.74. The number of carbonyl (C=O) groups excluding carboxylic acids is 1. The monoisotopic (exact) mass is 292 g/mol. The number of hydrogen-bond acceptors (Lipinski definition) is 3. The van der Waals surface area contributed by atoms with Gasteiger partial charge in [-0.05, 0) is 44.5 Å². The van der Waals surface area contributed by atoms with E-state index in [2.05, 4.69) is 10.6 Å². The minimum atomic E-state index is -0.150. The Morgan fingerprint density at radius 2 is 2.35 bits per heavy atom. The van der Waals surface area contributed by atoms with Gasteiger partial charge in [0.25, 0.3) is 5.91 Å². The molecule has 1 aromatic carbocycles. The number of nitrogens with one attached hydrogen (secondary N) is 2. The van der Waals surface area contributed by atoms with Crippen LogP contribution in [0.5, 0.6) is 0 Å².